The normalized spacial score (nSPS) is 11.7. The molecule has 1 atom stereocenters. The number of methoxy groups -OCH3 is 1. The summed E-state index contributed by atoms with van der Waals surface area (Å²) in [6.45, 7) is 1.62. The molecule has 3 N–H and O–H groups in total. The lowest BCUT2D eigenvalue weighted by Crippen LogP contribution is -2.18. The molecular formula is C15H19Cl2NO4. The number of aliphatic hydroxyl groups is 2. The molecule has 0 aromatic heterocycles. The second-order valence-electron chi connectivity index (χ2n) is 4.64. The molecule has 1 aromatic rings. The summed E-state index contributed by atoms with van der Waals surface area (Å²) in [4.78, 5) is 0. The summed E-state index contributed by atoms with van der Waals surface area (Å²) in [5, 5.41) is 26.5. The van der Waals surface area contributed by atoms with Gasteiger partial charge < -0.3 is 25.1 Å². The Bertz CT molecular complexity index is 557. The minimum Gasteiger partial charge on any atom is -0.496 e. The second-order valence-corrected chi connectivity index (χ2v) is 5.65. The van der Waals surface area contributed by atoms with Crippen LogP contribution in [0.1, 0.15) is 17.5 Å². The van der Waals surface area contributed by atoms with Gasteiger partial charge in [-0.3, -0.25) is 0 Å². The van der Waals surface area contributed by atoms with Crippen LogP contribution in [0.15, 0.2) is 22.7 Å². The van der Waals surface area contributed by atoms with Gasteiger partial charge in [0.1, 0.15) is 22.6 Å². The van der Waals surface area contributed by atoms with Crippen LogP contribution in [0.25, 0.3) is 0 Å². The SMILES string of the molecule is COc1c(C)cc(OCC=C(Cl)Cl)cc1C(=N)CC(O)CO. The Morgan fingerprint density at radius 3 is 2.64 bits per heavy atom. The van der Waals surface area contributed by atoms with Gasteiger partial charge >= 0.3 is 0 Å². The van der Waals surface area contributed by atoms with E-state index in [1.54, 1.807) is 12.1 Å². The third-order valence-corrected chi connectivity index (χ3v) is 3.22. The molecule has 0 aliphatic rings. The predicted molar refractivity (Wildman–Crippen MR) is 87.6 cm³/mol. The quantitative estimate of drug-likeness (QED) is 0.631. The number of aliphatic hydroxyl groups excluding tert-OH is 2. The van der Waals surface area contributed by atoms with Crippen LogP contribution in [0.4, 0.5) is 0 Å². The van der Waals surface area contributed by atoms with Gasteiger partial charge in [0.2, 0.25) is 0 Å². The third-order valence-electron chi connectivity index (χ3n) is 2.92. The van der Waals surface area contributed by atoms with E-state index in [2.05, 4.69) is 0 Å². The maximum atomic E-state index is 9.49. The molecule has 0 fully saturated rings. The molecule has 1 aromatic carbocycles. The summed E-state index contributed by atoms with van der Waals surface area (Å²) in [5.74, 6) is 1.07. The van der Waals surface area contributed by atoms with Crippen molar-refractivity contribution >= 4 is 28.9 Å². The van der Waals surface area contributed by atoms with Gasteiger partial charge in [-0.2, -0.15) is 0 Å². The molecule has 0 amide bonds. The highest BCUT2D eigenvalue weighted by molar-refractivity contribution is 6.55. The van der Waals surface area contributed by atoms with Crippen molar-refractivity contribution in [2.75, 3.05) is 20.3 Å². The molecule has 0 heterocycles. The largest absolute Gasteiger partial charge is 0.496 e. The average Bonchev–Trinajstić information content (AvgIpc) is 2.46. The van der Waals surface area contributed by atoms with Crippen LogP contribution in [-0.2, 0) is 0 Å². The number of nitrogens with one attached hydrogen (secondary N) is 1. The zero-order valence-electron chi connectivity index (χ0n) is 12.4. The van der Waals surface area contributed by atoms with Gasteiger partial charge in [-0.1, -0.05) is 23.2 Å². The highest BCUT2D eigenvalue weighted by Gasteiger charge is 2.16. The van der Waals surface area contributed by atoms with E-state index in [1.165, 1.54) is 13.2 Å². The molecule has 122 valence electrons. The molecule has 0 spiro atoms. The highest BCUT2D eigenvalue weighted by atomic mass is 35.5. The van der Waals surface area contributed by atoms with E-state index in [4.69, 9.17) is 43.2 Å². The smallest absolute Gasteiger partial charge is 0.131 e. The number of hydrogen-bond donors (Lipinski definition) is 3. The van der Waals surface area contributed by atoms with Crippen molar-refractivity contribution < 1.29 is 19.7 Å². The van der Waals surface area contributed by atoms with E-state index < -0.39 is 12.7 Å². The first-order valence-electron chi connectivity index (χ1n) is 6.58. The van der Waals surface area contributed by atoms with Gasteiger partial charge in [0.25, 0.3) is 0 Å². The fraction of sp³-hybridized carbons (Fsp3) is 0.400. The Balaban J connectivity index is 3.04. The van der Waals surface area contributed by atoms with Crippen LogP contribution in [0.2, 0.25) is 0 Å². The zero-order valence-corrected chi connectivity index (χ0v) is 13.9. The van der Waals surface area contributed by atoms with E-state index in [1.807, 2.05) is 6.92 Å². The topological polar surface area (TPSA) is 82.8 Å². The molecule has 0 saturated heterocycles. The summed E-state index contributed by atoms with van der Waals surface area (Å²) < 4.78 is 10.9. The van der Waals surface area contributed by atoms with Crippen LogP contribution in [0.5, 0.6) is 11.5 Å². The third kappa shape index (κ3) is 5.50. The summed E-state index contributed by atoms with van der Waals surface area (Å²) in [5.41, 5.74) is 1.45. The average molecular weight is 348 g/mol. The summed E-state index contributed by atoms with van der Waals surface area (Å²) >= 11 is 11.0. The Labute approximate surface area is 139 Å². The monoisotopic (exact) mass is 347 g/mol. The summed E-state index contributed by atoms with van der Waals surface area (Å²) in [6.07, 6.45) is 0.534. The molecule has 0 bridgehead atoms. The Kier molecular flexibility index (Phi) is 7.68. The van der Waals surface area contributed by atoms with Crippen LogP contribution in [0.3, 0.4) is 0 Å². The minimum atomic E-state index is -0.986. The van der Waals surface area contributed by atoms with Crippen molar-refractivity contribution in [2.45, 2.75) is 19.4 Å². The van der Waals surface area contributed by atoms with Crippen molar-refractivity contribution in [3.8, 4) is 11.5 Å². The zero-order chi connectivity index (χ0) is 16.7. The van der Waals surface area contributed by atoms with Gasteiger partial charge in [0.05, 0.1) is 19.8 Å². The van der Waals surface area contributed by atoms with E-state index in [9.17, 15) is 5.11 Å². The molecule has 7 heteroatoms. The van der Waals surface area contributed by atoms with Gasteiger partial charge in [0.15, 0.2) is 0 Å². The van der Waals surface area contributed by atoms with Crippen molar-refractivity contribution in [2.24, 2.45) is 0 Å². The van der Waals surface area contributed by atoms with Crippen molar-refractivity contribution in [3.05, 3.63) is 33.8 Å². The van der Waals surface area contributed by atoms with Crippen LogP contribution >= 0.6 is 23.2 Å². The molecule has 1 rings (SSSR count). The van der Waals surface area contributed by atoms with Crippen LogP contribution in [0, 0.1) is 12.3 Å². The molecule has 22 heavy (non-hydrogen) atoms. The van der Waals surface area contributed by atoms with Gasteiger partial charge in [-0.15, -0.1) is 0 Å². The van der Waals surface area contributed by atoms with Gasteiger partial charge in [-0.25, -0.2) is 0 Å². The number of halogens is 2. The second kappa shape index (κ2) is 9.00. The molecule has 0 aliphatic carbocycles. The fourth-order valence-electron chi connectivity index (χ4n) is 1.93. The van der Waals surface area contributed by atoms with Crippen molar-refractivity contribution in [1.82, 2.24) is 0 Å². The molecule has 0 radical (unpaired) electrons. The Hall–Kier alpha value is -1.27. The summed E-state index contributed by atoms with van der Waals surface area (Å²) in [7, 11) is 1.51. The maximum Gasteiger partial charge on any atom is 0.131 e. The van der Waals surface area contributed by atoms with Crippen molar-refractivity contribution in [1.29, 1.82) is 5.41 Å². The maximum absolute atomic E-state index is 9.49. The lowest BCUT2D eigenvalue weighted by Gasteiger charge is -2.16. The lowest BCUT2D eigenvalue weighted by molar-refractivity contribution is 0.101. The van der Waals surface area contributed by atoms with E-state index >= 15 is 0 Å². The van der Waals surface area contributed by atoms with Gasteiger partial charge in [-0.05, 0) is 30.7 Å². The molecule has 0 aliphatic heterocycles. The molecular weight excluding hydrogens is 329 g/mol. The number of rotatable bonds is 8. The number of benzene rings is 1. The Morgan fingerprint density at radius 1 is 1.41 bits per heavy atom. The first-order chi connectivity index (χ1) is 10.4. The molecule has 1 unspecified atom stereocenters. The van der Waals surface area contributed by atoms with E-state index in [0.717, 1.165) is 5.56 Å². The van der Waals surface area contributed by atoms with Gasteiger partial charge in [0, 0.05) is 17.7 Å². The van der Waals surface area contributed by atoms with E-state index in [-0.39, 0.29) is 23.2 Å². The summed E-state index contributed by atoms with van der Waals surface area (Å²) in [6, 6.07) is 3.42. The number of ether oxygens (including phenoxy) is 2. The first-order valence-corrected chi connectivity index (χ1v) is 7.34. The van der Waals surface area contributed by atoms with Crippen LogP contribution in [-0.4, -0.2) is 42.4 Å². The Morgan fingerprint density at radius 2 is 2.09 bits per heavy atom. The first kappa shape index (κ1) is 18.8. The standard InChI is InChI=1S/C15H19Cl2NO4/c1-9-5-11(22-4-3-14(16)17)7-12(15(9)21-2)13(18)6-10(20)8-19/h3,5,7,10,18-20H,4,6,8H2,1-2H3. The number of hydrogen-bond acceptors (Lipinski definition) is 5. The van der Waals surface area contributed by atoms with Crippen LogP contribution < -0.4 is 9.47 Å². The fourth-order valence-corrected chi connectivity index (χ4v) is 2.06. The number of aryl methyl sites for hydroxylation is 1. The molecule has 5 nitrogen and oxygen atoms in total. The minimum absolute atomic E-state index is 0.0170. The molecule has 0 saturated carbocycles. The van der Waals surface area contributed by atoms with Crippen molar-refractivity contribution in [3.63, 3.8) is 0 Å². The lowest BCUT2D eigenvalue weighted by atomic mass is 10.0. The predicted octanol–water partition coefficient (Wildman–Crippen LogP) is 2.81. The van der Waals surface area contributed by atoms with E-state index in [0.29, 0.717) is 17.1 Å². The highest BCUT2D eigenvalue weighted by Crippen LogP contribution is 2.30.